The van der Waals surface area contributed by atoms with E-state index in [1.54, 1.807) is 10.3 Å². The fourth-order valence-electron chi connectivity index (χ4n) is 7.91. The number of unbranched alkanes of at least 4 members (excludes halogenated alkanes) is 6. The SMILES string of the molecule is CCCCCC1=C(c2cc(C)c(C)c(C)c2)[N+](=[N-])C(c2cc(CCCC)c(CCCC)c(CCCC)c2)=C1CCCC.Cc1cc[c]([Pd][c]2ccc(C)cc2)cc1. The van der Waals surface area contributed by atoms with Crippen LogP contribution in [-0.4, -0.2) is 4.70 Å². The Morgan fingerprint density at radius 2 is 0.842 bits per heavy atom. The molecule has 4 aromatic rings. The number of benzene rings is 4. The normalized spacial score (nSPS) is 12.8. The van der Waals surface area contributed by atoms with Gasteiger partial charge in [-0.1, -0.05) is 73.1 Å². The van der Waals surface area contributed by atoms with Gasteiger partial charge in [0.1, 0.15) is 0 Å². The molecule has 0 spiro atoms. The van der Waals surface area contributed by atoms with Crippen LogP contribution in [0.2, 0.25) is 0 Å². The summed E-state index contributed by atoms with van der Waals surface area (Å²) in [6, 6.07) is 27.2. The topological polar surface area (TPSA) is 25.3 Å². The second kappa shape index (κ2) is 23.9. The molecule has 0 fully saturated rings. The second-order valence-electron chi connectivity index (χ2n) is 16.4. The molecule has 3 heteroatoms. The predicted octanol–water partition coefficient (Wildman–Crippen LogP) is 14.9. The molecule has 0 unspecified atom stereocenters. The average Bonchev–Trinajstić information content (AvgIpc) is 3.48. The molecular formula is C54H74N2Pd. The summed E-state index contributed by atoms with van der Waals surface area (Å²) < 4.78 is 4.47. The van der Waals surface area contributed by atoms with Crippen LogP contribution in [0.1, 0.15) is 174 Å². The molecule has 5 rings (SSSR count). The van der Waals surface area contributed by atoms with E-state index in [0.29, 0.717) is 18.0 Å². The molecule has 0 saturated carbocycles. The van der Waals surface area contributed by atoms with E-state index in [1.165, 1.54) is 122 Å². The van der Waals surface area contributed by atoms with Gasteiger partial charge in [0.05, 0.1) is 0 Å². The van der Waals surface area contributed by atoms with Crippen LogP contribution in [0.5, 0.6) is 0 Å². The molecule has 57 heavy (non-hydrogen) atoms. The van der Waals surface area contributed by atoms with Crippen molar-refractivity contribution in [1.29, 1.82) is 0 Å². The van der Waals surface area contributed by atoms with Crippen molar-refractivity contribution in [2.45, 2.75) is 172 Å². The molecule has 0 saturated heterocycles. The van der Waals surface area contributed by atoms with E-state index in [1.807, 2.05) is 0 Å². The molecule has 1 aliphatic heterocycles. The van der Waals surface area contributed by atoms with Gasteiger partial charge in [-0.25, -0.2) is 4.70 Å². The van der Waals surface area contributed by atoms with Gasteiger partial charge in [0.2, 0.25) is 11.4 Å². The monoisotopic (exact) mass is 856 g/mol. The Morgan fingerprint density at radius 3 is 1.28 bits per heavy atom. The van der Waals surface area contributed by atoms with Crippen molar-refractivity contribution in [3.05, 3.63) is 145 Å². The summed E-state index contributed by atoms with van der Waals surface area (Å²) in [6.07, 6.45) is 18.7. The fraction of sp³-hybridized carbons (Fsp3) is 0.481. The summed E-state index contributed by atoms with van der Waals surface area (Å²) in [5.74, 6) is 0. The van der Waals surface area contributed by atoms with E-state index in [0.717, 1.165) is 61.9 Å². The van der Waals surface area contributed by atoms with E-state index in [9.17, 15) is 5.53 Å². The third kappa shape index (κ3) is 13.1. The second-order valence-corrected chi connectivity index (χ2v) is 18.6. The molecule has 0 atom stereocenters. The van der Waals surface area contributed by atoms with Crippen molar-refractivity contribution in [1.82, 2.24) is 0 Å². The summed E-state index contributed by atoms with van der Waals surface area (Å²) in [4.78, 5) is 0. The van der Waals surface area contributed by atoms with Crippen LogP contribution in [0.15, 0.2) is 83.9 Å². The van der Waals surface area contributed by atoms with Gasteiger partial charge in [0, 0.05) is 22.3 Å². The summed E-state index contributed by atoms with van der Waals surface area (Å²) in [5.41, 5.74) is 30.7. The zero-order chi connectivity index (χ0) is 41.3. The van der Waals surface area contributed by atoms with Crippen LogP contribution >= 0.6 is 0 Å². The maximum atomic E-state index is 12.3. The maximum absolute atomic E-state index is 12.3. The van der Waals surface area contributed by atoms with Gasteiger partial charge < -0.3 is 5.53 Å². The van der Waals surface area contributed by atoms with Crippen LogP contribution in [-0.2, 0) is 37.2 Å². The predicted molar refractivity (Wildman–Crippen MR) is 246 cm³/mol. The standard InChI is InChI=1S/C40H60N2.2C7H7.Pd/c1-9-14-19-24-38-37(23-18-13-5)40(42(41)39(38)34-25-29(6)31(8)30(7)26-34)35-27-32(20-15-10-2)36(22-17-12-4)33(28-35)21-16-11-3;2*1-7-5-3-2-4-6-7;/h25-28H,9-24H2,1-8H3;2*3-6H,1H3;. The summed E-state index contributed by atoms with van der Waals surface area (Å²) in [6.45, 7) is 22.4. The summed E-state index contributed by atoms with van der Waals surface area (Å²) >= 11 is 0.562. The fourth-order valence-corrected chi connectivity index (χ4v) is 9.46. The van der Waals surface area contributed by atoms with Gasteiger partial charge in [-0.05, 0) is 143 Å². The molecular weight excluding hydrogens is 783 g/mol. The first kappa shape index (κ1) is 46.3. The Morgan fingerprint density at radius 1 is 0.456 bits per heavy atom. The van der Waals surface area contributed by atoms with Gasteiger partial charge in [-0.2, -0.15) is 0 Å². The van der Waals surface area contributed by atoms with Crippen LogP contribution in [0.25, 0.3) is 16.9 Å². The Balaban J connectivity index is 0.000000398. The Kier molecular flexibility index (Phi) is 19.4. The van der Waals surface area contributed by atoms with Crippen LogP contribution in [0.3, 0.4) is 0 Å². The van der Waals surface area contributed by atoms with Crippen molar-refractivity contribution in [2.75, 3.05) is 0 Å². The van der Waals surface area contributed by atoms with Gasteiger partial charge in [0.15, 0.2) is 0 Å². The minimum atomic E-state index is 0.562. The molecule has 0 amide bonds. The van der Waals surface area contributed by atoms with Crippen molar-refractivity contribution < 1.29 is 22.7 Å². The Hall–Kier alpha value is -3.38. The molecule has 4 aromatic carbocycles. The molecule has 1 heterocycles. The number of nitrogens with zero attached hydrogens (tertiary/aromatic N) is 2. The van der Waals surface area contributed by atoms with Gasteiger partial charge >= 0.3 is 99.6 Å². The van der Waals surface area contributed by atoms with Gasteiger partial charge in [-0.15, -0.1) is 0 Å². The molecule has 0 aliphatic carbocycles. The number of rotatable bonds is 20. The van der Waals surface area contributed by atoms with E-state index < -0.39 is 0 Å². The van der Waals surface area contributed by atoms with Crippen molar-refractivity contribution in [3.63, 3.8) is 0 Å². The van der Waals surface area contributed by atoms with Crippen molar-refractivity contribution in [2.24, 2.45) is 0 Å². The van der Waals surface area contributed by atoms with Gasteiger partial charge in [0.25, 0.3) is 0 Å². The minimum absolute atomic E-state index is 0.562. The number of hydrogen-bond acceptors (Lipinski definition) is 0. The van der Waals surface area contributed by atoms with Gasteiger partial charge in [-0.3, -0.25) is 0 Å². The molecule has 2 nitrogen and oxygen atoms in total. The quantitative estimate of drug-likeness (QED) is 0.0481. The first-order valence-electron chi connectivity index (χ1n) is 22.5. The van der Waals surface area contributed by atoms with E-state index >= 15 is 0 Å². The average molecular weight is 858 g/mol. The molecule has 1 aliphatic rings. The first-order valence-corrected chi connectivity index (χ1v) is 24.0. The molecule has 0 bridgehead atoms. The summed E-state index contributed by atoms with van der Waals surface area (Å²) in [7, 11) is 0. The Labute approximate surface area is 357 Å². The van der Waals surface area contributed by atoms with E-state index in [4.69, 9.17) is 0 Å². The zero-order valence-corrected chi connectivity index (χ0v) is 39.0. The van der Waals surface area contributed by atoms with Crippen LogP contribution in [0, 0.1) is 34.6 Å². The van der Waals surface area contributed by atoms with Crippen LogP contribution in [0.4, 0.5) is 0 Å². The van der Waals surface area contributed by atoms with Crippen LogP contribution < -0.4 is 8.07 Å². The molecule has 310 valence electrons. The molecule has 0 N–H and O–H groups in total. The zero-order valence-electron chi connectivity index (χ0n) is 37.5. The van der Waals surface area contributed by atoms with E-state index in [2.05, 4.69) is 142 Å². The van der Waals surface area contributed by atoms with Crippen molar-refractivity contribution >= 4 is 19.5 Å². The third-order valence-electron chi connectivity index (χ3n) is 11.6. The number of aryl methyl sites for hydroxylation is 6. The molecule has 0 aromatic heterocycles. The first-order chi connectivity index (χ1) is 27.6. The number of allylic oxidation sites excluding steroid dienone is 2. The van der Waals surface area contributed by atoms with Crippen molar-refractivity contribution in [3.8, 4) is 0 Å². The molecule has 0 radical (unpaired) electrons. The Bertz CT molecular complexity index is 1860. The summed E-state index contributed by atoms with van der Waals surface area (Å²) in [5, 5.41) is 0. The van der Waals surface area contributed by atoms with E-state index in [-0.39, 0.29) is 0 Å². The third-order valence-corrected chi connectivity index (χ3v) is 13.6. The number of hydrogen-bond donors (Lipinski definition) is 0.